The summed E-state index contributed by atoms with van der Waals surface area (Å²) >= 11 is 0. The van der Waals surface area contributed by atoms with Gasteiger partial charge in [-0.1, -0.05) is 0 Å². The lowest BCUT2D eigenvalue weighted by atomic mass is 10.0. The molecule has 0 heterocycles. The standard InChI is InChI=1S/C8H16F2O4/c9-8(10,5-12)7(14)2-1-6(13)3-4-11/h6-7,11-14H,1-5H2. The van der Waals surface area contributed by atoms with E-state index in [4.69, 9.17) is 20.4 Å². The van der Waals surface area contributed by atoms with Gasteiger partial charge in [0.1, 0.15) is 12.7 Å². The topological polar surface area (TPSA) is 80.9 Å². The van der Waals surface area contributed by atoms with E-state index in [1.54, 1.807) is 0 Å². The summed E-state index contributed by atoms with van der Waals surface area (Å²) in [6.07, 6.45) is -3.10. The van der Waals surface area contributed by atoms with Crippen molar-refractivity contribution in [2.45, 2.75) is 37.4 Å². The molecule has 0 saturated carbocycles. The summed E-state index contributed by atoms with van der Waals surface area (Å²) in [4.78, 5) is 0. The summed E-state index contributed by atoms with van der Waals surface area (Å²) in [6, 6.07) is 0. The van der Waals surface area contributed by atoms with E-state index in [0.717, 1.165) is 0 Å². The number of halogens is 2. The Morgan fingerprint density at radius 1 is 1.00 bits per heavy atom. The Hall–Kier alpha value is -0.300. The van der Waals surface area contributed by atoms with E-state index < -0.39 is 24.7 Å². The minimum Gasteiger partial charge on any atom is -0.396 e. The SMILES string of the molecule is OCCC(O)CCC(O)C(F)(F)CO. The molecule has 2 unspecified atom stereocenters. The van der Waals surface area contributed by atoms with E-state index in [-0.39, 0.29) is 25.9 Å². The molecule has 4 N–H and O–H groups in total. The van der Waals surface area contributed by atoms with Crippen LogP contribution in [0.25, 0.3) is 0 Å². The Balaban J connectivity index is 3.78. The first-order valence-corrected chi connectivity index (χ1v) is 4.39. The minimum absolute atomic E-state index is 0.0304. The number of alkyl halides is 2. The smallest absolute Gasteiger partial charge is 0.295 e. The van der Waals surface area contributed by atoms with E-state index in [9.17, 15) is 8.78 Å². The molecule has 0 bridgehead atoms. The van der Waals surface area contributed by atoms with Crippen LogP contribution in [0.4, 0.5) is 8.78 Å². The van der Waals surface area contributed by atoms with Crippen molar-refractivity contribution in [1.29, 1.82) is 0 Å². The van der Waals surface area contributed by atoms with Gasteiger partial charge in [0.05, 0.1) is 6.10 Å². The van der Waals surface area contributed by atoms with Crippen molar-refractivity contribution in [3.8, 4) is 0 Å². The van der Waals surface area contributed by atoms with Gasteiger partial charge in [-0.2, -0.15) is 0 Å². The van der Waals surface area contributed by atoms with Crippen molar-refractivity contribution < 1.29 is 29.2 Å². The maximum Gasteiger partial charge on any atom is 0.295 e. The highest BCUT2D eigenvalue weighted by Gasteiger charge is 2.37. The number of aliphatic hydroxyl groups is 4. The third-order valence-corrected chi connectivity index (χ3v) is 1.93. The second-order valence-corrected chi connectivity index (χ2v) is 3.18. The Labute approximate surface area is 80.8 Å². The van der Waals surface area contributed by atoms with Crippen molar-refractivity contribution in [3.05, 3.63) is 0 Å². The lowest BCUT2D eigenvalue weighted by Crippen LogP contribution is -2.37. The van der Waals surface area contributed by atoms with Crippen molar-refractivity contribution in [2.24, 2.45) is 0 Å². The molecule has 0 aliphatic heterocycles. The summed E-state index contributed by atoms with van der Waals surface area (Å²) in [5, 5.41) is 34.6. The van der Waals surface area contributed by atoms with Crippen molar-refractivity contribution in [3.63, 3.8) is 0 Å². The molecule has 0 aromatic carbocycles. The largest absolute Gasteiger partial charge is 0.396 e. The molecule has 4 nitrogen and oxygen atoms in total. The molecule has 0 rings (SSSR count). The fourth-order valence-electron chi connectivity index (χ4n) is 0.960. The van der Waals surface area contributed by atoms with Gasteiger partial charge >= 0.3 is 0 Å². The summed E-state index contributed by atoms with van der Waals surface area (Å²) in [5.41, 5.74) is 0. The van der Waals surface area contributed by atoms with Crippen LogP contribution in [-0.4, -0.2) is 51.8 Å². The number of hydrogen-bond donors (Lipinski definition) is 4. The first-order chi connectivity index (χ1) is 6.44. The van der Waals surface area contributed by atoms with E-state index in [1.165, 1.54) is 0 Å². The second-order valence-electron chi connectivity index (χ2n) is 3.18. The normalized spacial score (nSPS) is 16.7. The first kappa shape index (κ1) is 13.7. The molecular formula is C8H16F2O4. The fourth-order valence-corrected chi connectivity index (χ4v) is 0.960. The van der Waals surface area contributed by atoms with Crippen molar-refractivity contribution in [1.82, 2.24) is 0 Å². The molecule has 0 aliphatic rings. The van der Waals surface area contributed by atoms with Gasteiger partial charge in [-0.05, 0) is 19.3 Å². The van der Waals surface area contributed by atoms with E-state index >= 15 is 0 Å². The van der Waals surface area contributed by atoms with Gasteiger partial charge in [-0.15, -0.1) is 0 Å². The van der Waals surface area contributed by atoms with E-state index in [0.29, 0.717) is 0 Å². The monoisotopic (exact) mass is 214 g/mol. The van der Waals surface area contributed by atoms with Crippen LogP contribution in [0.15, 0.2) is 0 Å². The molecule has 0 fully saturated rings. The summed E-state index contributed by atoms with van der Waals surface area (Å²) < 4.78 is 25.1. The van der Waals surface area contributed by atoms with Crippen LogP contribution in [0, 0.1) is 0 Å². The second kappa shape index (κ2) is 6.23. The van der Waals surface area contributed by atoms with Crippen LogP contribution in [0.1, 0.15) is 19.3 Å². The molecule has 0 aromatic heterocycles. The average molecular weight is 214 g/mol. The molecule has 86 valence electrons. The van der Waals surface area contributed by atoms with Gasteiger partial charge in [-0.25, -0.2) is 8.78 Å². The maximum atomic E-state index is 12.6. The predicted octanol–water partition coefficient (Wildman–Crippen LogP) is -0.502. The van der Waals surface area contributed by atoms with E-state index in [1.807, 2.05) is 0 Å². The van der Waals surface area contributed by atoms with Gasteiger partial charge in [0.25, 0.3) is 5.92 Å². The Kier molecular flexibility index (Phi) is 6.10. The Morgan fingerprint density at radius 2 is 1.57 bits per heavy atom. The van der Waals surface area contributed by atoms with Crippen LogP contribution >= 0.6 is 0 Å². The summed E-state index contributed by atoms with van der Waals surface area (Å²) in [7, 11) is 0. The van der Waals surface area contributed by atoms with Gasteiger partial charge in [0, 0.05) is 6.61 Å². The van der Waals surface area contributed by atoms with Gasteiger partial charge in [-0.3, -0.25) is 0 Å². The Morgan fingerprint density at radius 3 is 2.00 bits per heavy atom. The molecule has 0 amide bonds. The highest BCUT2D eigenvalue weighted by Crippen LogP contribution is 2.22. The molecule has 6 heteroatoms. The zero-order valence-corrected chi connectivity index (χ0v) is 7.74. The molecule has 0 radical (unpaired) electrons. The molecular weight excluding hydrogens is 198 g/mol. The zero-order chi connectivity index (χ0) is 11.2. The van der Waals surface area contributed by atoms with Crippen LogP contribution in [0.5, 0.6) is 0 Å². The average Bonchev–Trinajstić information content (AvgIpc) is 2.14. The maximum absolute atomic E-state index is 12.6. The molecule has 0 aliphatic carbocycles. The van der Waals surface area contributed by atoms with Gasteiger partial charge in [0.2, 0.25) is 0 Å². The van der Waals surface area contributed by atoms with Crippen LogP contribution < -0.4 is 0 Å². The molecule has 0 spiro atoms. The van der Waals surface area contributed by atoms with Crippen LogP contribution in [0.3, 0.4) is 0 Å². The summed E-state index contributed by atoms with van der Waals surface area (Å²) in [5.74, 6) is -3.53. The highest BCUT2D eigenvalue weighted by molar-refractivity contribution is 4.76. The minimum atomic E-state index is -3.53. The van der Waals surface area contributed by atoms with Crippen molar-refractivity contribution in [2.75, 3.05) is 13.2 Å². The first-order valence-electron chi connectivity index (χ1n) is 4.39. The number of hydrogen-bond acceptors (Lipinski definition) is 4. The quantitative estimate of drug-likeness (QED) is 0.460. The lowest BCUT2D eigenvalue weighted by Gasteiger charge is -2.21. The third kappa shape index (κ3) is 4.80. The van der Waals surface area contributed by atoms with E-state index in [2.05, 4.69) is 0 Å². The molecule has 0 saturated heterocycles. The molecule has 14 heavy (non-hydrogen) atoms. The zero-order valence-electron chi connectivity index (χ0n) is 7.74. The van der Waals surface area contributed by atoms with Crippen LogP contribution in [-0.2, 0) is 0 Å². The number of rotatable bonds is 7. The predicted molar refractivity (Wildman–Crippen MR) is 45.0 cm³/mol. The molecule has 0 aromatic rings. The molecule has 2 atom stereocenters. The van der Waals surface area contributed by atoms with Crippen LogP contribution in [0.2, 0.25) is 0 Å². The highest BCUT2D eigenvalue weighted by atomic mass is 19.3. The fraction of sp³-hybridized carbons (Fsp3) is 1.00. The van der Waals surface area contributed by atoms with Crippen molar-refractivity contribution >= 4 is 0 Å². The number of aliphatic hydroxyl groups excluding tert-OH is 4. The van der Waals surface area contributed by atoms with Gasteiger partial charge < -0.3 is 20.4 Å². The third-order valence-electron chi connectivity index (χ3n) is 1.93. The summed E-state index contributed by atoms with van der Waals surface area (Å²) in [6.45, 7) is -1.64. The lowest BCUT2D eigenvalue weighted by molar-refractivity contribution is -0.140. The van der Waals surface area contributed by atoms with Gasteiger partial charge in [0.15, 0.2) is 0 Å². The Bertz CT molecular complexity index is 154.